The number of carbonyl (C=O) groups excluding carboxylic acids is 1. The van der Waals surface area contributed by atoms with Crippen LogP contribution >= 0.6 is 0 Å². The van der Waals surface area contributed by atoms with E-state index in [1.54, 1.807) is 19.2 Å². The lowest BCUT2D eigenvalue weighted by atomic mass is 9.93. The summed E-state index contributed by atoms with van der Waals surface area (Å²) in [6.45, 7) is 6.82. The molecule has 0 spiro atoms. The van der Waals surface area contributed by atoms with Crippen LogP contribution in [0.5, 0.6) is 0 Å². The van der Waals surface area contributed by atoms with Crippen molar-refractivity contribution in [1.29, 1.82) is 5.26 Å². The molecule has 0 saturated carbocycles. The molecule has 252 valence electrons. The topological polar surface area (TPSA) is 102 Å². The monoisotopic (exact) mass is 652 g/mol. The van der Waals surface area contributed by atoms with Crippen LogP contribution < -0.4 is 10.6 Å². The molecule has 1 unspecified atom stereocenters. The van der Waals surface area contributed by atoms with Crippen LogP contribution in [0, 0.1) is 11.3 Å². The van der Waals surface area contributed by atoms with Crippen molar-refractivity contribution in [3.05, 3.63) is 63.7 Å². The van der Waals surface area contributed by atoms with E-state index in [9.17, 15) is 28.0 Å². The number of carbonyl (C=O) groups is 1. The average Bonchev–Trinajstić information content (AvgIpc) is 3.07. The van der Waals surface area contributed by atoms with Crippen LogP contribution in [-0.2, 0) is 18.0 Å². The molecule has 1 amide bonds. The Balaban J connectivity index is 1.51. The molecule has 10 nitrogen and oxygen atoms in total. The normalized spacial score (nSPS) is 20.7. The second-order valence-corrected chi connectivity index (χ2v) is 12.8. The largest absolute Gasteiger partial charge is 0.416 e. The van der Waals surface area contributed by atoms with Crippen molar-refractivity contribution in [2.24, 2.45) is 7.05 Å². The zero-order valence-electron chi connectivity index (χ0n) is 27.7. The number of benzene rings is 1. The fourth-order valence-electron chi connectivity index (χ4n) is 7.01. The standard InChI is InChI=1S/C34H43F3N8O2/c1-6-25-21-45(32-31-28(43(5)33(47)40-32)13-12-24(19-38)39-31)26(7-2)20-44(25)29(22-8-10-23(11-9-22)34(35,36)37)18-30(46)42(4)27-14-16-41(3)17-15-27/h8-13,25-27,29H,6-7,14-18,20-21H2,1-5H3/t25-,26+,29?/m1/s1. The Morgan fingerprint density at radius 1 is 1.02 bits per heavy atom. The number of rotatable bonds is 8. The number of halogens is 3. The molecule has 1 aromatic carbocycles. The van der Waals surface area contributed by atoms with Crippen molar-refractivity contribution in [3.63, 3.8) is 0 Å². The van der Waals surface area contributed by atoms with E-state index in [1.807, 2.05) is 25.8 Å². The number of amides is 1. The van der Waals surface area contributed by atoms with Gasteiger partial charge in [0.1, 0.15) is 17.3 Å². The Labute approximate surface area is 273 Å². The van der Waals surface area contributed by atoms with Gasteiger partial charge >= 0.3 is 11.9 Å². The van der Waals surface area contributed by atoms with Crippen molar-refractivity contribution >= 4 is 22.8 Å². The summed E-state index contributed by atoms with van der Waals surface area (Å²) in [5.41, 5.74) is 0.729. The van der Waals surface area contributed by atoms with Crippen LogP contribution in [0.4, 0.5) is 19.0 Å². The molecule has 13 heteroatoms. The number of piperazine rings is 1. The maximum absolute atomic E-state index is 13.9. The summed E-state index contributed by atoms with van der Waals surface area (Å²) in [5.74, 6) is 0.372. The number of alkyl halides is 3. The van der Waals surface area contributed by atoms with Gasteiger partial charge in [0.05, 0.1) is 11.1 Å². The maximum atomic E-state index is 13.9. The van der Waals surface area contributed by atoms with Gasteiger partial charge < -0.3 is 14.7 Å². The van der Waals surface area contributed by atoms with Crippen molar-refractivity contribution in [1.82, 2.24) is 29.2 Å². The quantitative estimate of drug-likeness (QED) is 0.349. The highest BCUT2D eigenvalue weighted by atomic mass is 19.4. The Bertz CT molecular complexity index is 1680. The Morgan fingerprint density at radius 2 is 1.68 bits per heavy atom. The number of likely N-dealkylation sites (tertiary alicyclic amines) is 1. The number of aromatic nitrogens is 3. The van der Waals surface area contributed by atoms with Crippen LogP contribution in [0.1, 0.15) is 68.8 Å². The van der Waals surface area contributed by atoms with Gasteiger partial charge in [-0.1, -0.05) is 26.0 Å². The zero-order valence-corrected chi connectivity index (χ0v) is 27.7. The first-order valence-electron chi connectivity index (χ1n) is 16.3. The molecule has 5 rings (SSSR count). The van der Waals surface area contributed by atoms with E-state index in [0.29, 0.717) is 48.3 Å². The van der Waals surface area contributed by atoms with Gasteiger partial charge in [0.15, 0.2) is 5.82 Å². The number of pyridine rings is 1. The fourth-order valence-corrected chi connectivity index (χ4v) is 7.01. The lowest BCUT2D eigenvalue weighted by Crippen LogP contribution is -2.60. The summed E-state index contributed by atoms with van der Waals surface area (Å²) in [6.07, 6.45) is -1.24. The van der Waals surface area contributed by atoms with Crippen LogP contribution in [0.25, 0.3) is 11.0 Å². The van der Waals surface area contributed by atoms with Crippen LogP contribution in [-0.4, -0.2) is 93.5 Å². The highest BCUT2D eigenvalue weighted by Gasteiger charge is 2.40. The van der Waals surface area contributed by atoms with E-state index in [1.165, 1.54) is 16.7 Å². The number of fused-ring (bicyclic) bond motifs is 1. The molecule has 3 aromatic rings. The maximum Gasteiger partial charge on any atom is 0.416 e. The first-order chi connectivity index (χ1) is 22.4. The van der Waals surface area contributed by atoms with Crippen LogP contribution in [0.3, 0.4) is 0 Å². The number of hydrogen-bond acceptors (Lipinski definition) is 8. The van der Waals surface area contributed by atoms with Gasteiger partial charge in [-0.25, -0.2) is 9.78 Å². The van der Waals surface area contributed by atoms with Crippen molar-refractivity contribution in [2.45, 2.75) is 76.3 Å². The minimum atomic E-state index is -4.47. The second-order valence-electron chi connectivity index (χ2n) is 12.8. The molecule has 2 aromatic heterocycles. The second kappa shape index (κ2) is 14.0. The lowest BCUT2D eigenvalue weighted by molar-refractivity contribution is -0.138. The number of aryl methyl sites for hydroxylation is 1. The molecule has 0 bridgehead atoms. The fraction of sp³-hybridized carbons (Fsp3) is 0.559. The molecule has 2 aliphatic rings. The highest BCUT2D eigenvalue weighted by Crippen LogP contribution is 2.37. The summed E-state index contributed by atoms with van der Waals surface area (Å²) in [7, 11) is 5.52. The smallest absolute Gasteiger partial charge is 0.349 e. The first-order valence-corrected chi connectivity index (χ1v) is 16.3. The minimum Gasteiger partial charge on any atom is -0.349 e. The predicted octanol–water partition coefficient (Wildman–Crippen LogP) is 4.58. The number of anilines is 1. The summed E-state index contributed by atoms with van der Waals surface area (Å²) < 4.78 is 42.0. The molecule has 0 aliphatic carbocycles. The summed E-state index contributed by atoms with van der Waals surface area (Å²) in [5, 5.41) is 9.55. The third kappa shape index (κ3) is 7.13. The number of hydrogen-bond donors (Lipinski definition) is 0. The molecule has 4 heterocycles. The van der Waals surface area contributed by atoms with Gasteiger partial charge in [-0.05, 0) is 75.6 Å². The van der Waals surface area contributed by atoms with Gasteiger partial charge in [-0.2, -0.15) is 23.4 Å². The zero-order chi connectivity index (χ0) is 34.0. The molecule has 0 radical (unpaired) electrons. The molecular weight excluding hydrogens is 609 g/mol. The van der Waals surface area contributed by atoms with E-state index in [-0.39, 0.29) is 36.1 Å². The Hall–Kier alpha value is -4.02. The van der Waals surface area contributed by atoms with Crippen LogP contribution in [0.2, 0.25) is 0 Å². The minimum absolute atomic E-state index is 0.0396. The third-order valence-corrected chi connectivity index (χ3v) is 10.0. The molecule has 0 N–H and O–H groups in total. The van der Waals surface area contributed by atoms with Gasteiger partial charge in [-0.3, -0.25) is 14.3 Å². The lowest BCUT2D eigenvalue weighted by Gasteiger charge is -2.50. The Kier molecular flexibility index (Phi) is 10.2. The molecule has 3 atom stereocenters. The van der Waals surface area contributed by atoms with Gasteiger partial charge in [0.2, 0.25) is 5.91 Å². The summed E-state index contributed by atoms with van der Waals surface area (Å²) in [4.78, 5) is 44.3. The molecule has 2 aliphatic heterocycles. The van der Waals surface area contributed by atoms with Crippen molar-refractivity contribution < 1.29 is 18.0 Å². The third-order valence-electron chi connectivity index (χ3n) is 10.0. The van der Waals surface area contributed by atoms with Crippen LogP contribution in [0.15, 0.2) is 41.2 Å². The highest BCUT2D eigenvalue weighted by molar-refractivity contribution is 5.86. The van der Waals surface area contributed by atoms with E-state index in [2.05, 4.69) is 37.8 Å². The van der Waals surface area contributed by atoms with E-state index in [0.717, 1.165) is 38.1 Å². The van der Waals surface area contributed by atoms with Gasteiger partial charge in [-0.15, -0.1) is 0 Å². The van der Waals surface area contributed by atoms with Crippen molar-refractivity contribution in [2.75, 3.05) is 45.2 Å². The summed E-state index contributed by atoms with van der Waals surface area (Å²) >= 11 is 0. The predicted molar refractivity (Wildman–Crippen MR) is 174 cm³/mol. The average molecular weight is 653 g/mol. The van der Waals surface area contributed by atoms with Crippen molar-refractivity contribution in [3.8, 4) is 6.07 Å². The van der Waals surface area contributed by atoms with E-state index < -0.39 is 23.5 Å². The van der Waals surface area contributed by atoms with E-state index >= 15 is 0 Å². The number of piperidine rings is 1. The first kappa shape index (κ1) is 34.3. The number of nitriles is 1. The molecular formula is C34H43F3N8O2. The van der Waals surface area contributed by atoms with Gasteiger partial charge in [0.25, 0.3) is 0 Å². The number of nitrogens with zero attached hydrogens (tertiary/aromatic N) is 8. The SMILES string of the molecule is CC[C@H]1CN(C(CC(=O)N(C)C2CCN(C)CC2)c2ccc(C(F)(F)F)cc2)[C@H](CC)CN1c1nc(=O)n(C)c2ccc(C#N)nc12. The summed E-state index contributed by atoms with van der Waals surface area (Å²) in [6, 6.07) is 9.92. The molecule has 2 fully saturated rings. The molecule has 2 saturated heterocycles. The van der Waals surface area contributed by atoms with E-state index in [4.69, 9.17) is 0 Å². The van der Waals surface area contributed by atoms with Gasteiger partial charge in [0, 0.05) is 57.8 Å². The molecule has 47 heavy (non-hydrogen) atoms. The Morgan fingerprint density at radius 3 is 2.28 bits per heavy atom.